The first-order chi connectivity index (χ1) is 9.06. The minimum atomic E-state index is -0.221. The van der Waals surface area contributed by atoms with Crippen molar-refractivity contribution in [1.29, 1.82) is 0 Å². The van der Waals surface area contributed by atoms with Crippen LogP contribution in [0.2, 0.25) is 5.02 Å². The van der Waals surface area contributed by atoms with Gasteiger partial charge in [0.25, 0.3) is 0 Å². The Morgan fingerprint density at radius 2 is 2.11 bits per heavy atom. The van der Waals surface area contributed by atoms with Crippen LogP contribution in [0.1, 0.15) is 25.1 Å². The number of halogens is 2. The molecule has 0 aliphatic carbocycles. The van der Waals surface area contributed by atoms with Crippen LogP contribution < -0.4 is 5.32 Å². The lowest BCUT2D eigenvalue weighted by molar-refractivity contribution is 0.556. The van der Waals surface area contributed by atoms with Crippen molar-refractivity contribution in [3.63, 3.8) is 0 Å². The van der Waals surface area contributed by atoms with Crippen LogP contribution in [-0.4, -0.2) is 10.6 Å². The SMILES string of the molecule is CC(C)NCc1cccn1Cc1cc(Cl)ccc1F. The molecular weight excluding hydrogens is 263 g/mol. The smallest absolute Gasteiger partial charge is 0.128 e. The summed E-state index contributed by atoms with van der Waals surface area (Å²) in [5, 5.41) is 3.92. The number of nitrogens with one attached hydrogen (secondary N) is 1. The number of benzene rings is 1. The van der Waals surface area contributed by atoms with Crippen LogP contribution in [0.4, 0.5) is 4.39 Å². The number of aromatic nitrogens is 1. The summed E-state index contributed by atoms with van der Waals surface area (Å²) in [7, 11) is 0. The molecule has 1 aromatic carbocycles. The van der Waals surface area contributed by atoms with Crippen LogP contribution in [0.5, 0.6) is 0 Å². The third kappa shape index (κ3) is 3.82. The monoisotopic (exact) mass is 280 g/mol. The molecule has 102 valence electrons. The number of nitrogens with zero attached hydrogens (tertiary/aromatic N) is 1. The third-order valence-electron chi connectivity index (χ3n) is 2.96. The van der Waals surface area contributed by atoms with Crippen molar-refractivity contribution in [3.05, 3.63) is 58.6 Å². The van der Waals surface area contributed by atoms with Gasteiger partial charge in [0.1, 0.15) is 5.82 Å². The molecule has 1 N–H and O–H groups in total. The Hall–Kier alpha value is -1.32. The van der Waals surface area contributed by atoms with E-state index in [1.807, 2.05) is 22.9 Å². The molecule has 0 bridgehead atoms. The molecule has 0 saturated carbocycles. The second-order valence-electron chi connectivity index (χ2n) is 4.90. The topological polar surface area (TPSA) is 17.0 Å². The van der Waals surface area contributed by atoms with E-state index in [2.05, 4.69) is 19.2 Å². The molecular formula is C15H18ClFN2. The van der Waals surface area contributed by atoms with Crippen LogP contribution in [0.15, 0.2) is 36.5 Å². The molecule has 0 aliphatic rings. The lowest BCUT2D eigenvalue weighted by Crippen LogP contribution is -2.23. The van der Waals surface area contributed by atoms with E-state index in [0.717, 1.165) is 12.2 Å². The Bertz CT molecular complexity index is 549. The van der Waals surface area contributed by atoms with E-state index < -0.39 is 0 Å². The predicted octanol–water partition coefficient (Wildman–Crippen LogP) is 3.83. The zero-order valence-electron chi connectivity index (χ0n) is 11.2. The quantitative estimate of drug-likeness (QED) is 0.881. The van der Waals surface area contributed by atoms with Crippen molar-refractivity contribution >= 4 is 11.6 Å². The first-order valence-electron chi connectivity index (χ1n) is 6.37. The van der Waals surface area contributed by atoms with Gasteiger partial charge in [-0.2, -0.15) is 0 Å². The van der Waals surface area contributed by atoms with Gasteiger partial charge in [0.15, 0.2) is 0 Å². The molecule has 2 aromatic rings. The fourth-order valence-corrected chi connectivity index (χ4v) is 2.12. The average molecular weight is 281 g/mol. The van der Waals surface area contributed by atoms with Crippen molar-refractivity contribution < 1.29 is 4.39 Å². The first kappa shape index (κ1) is 14.1. The van der Waals surface area contributed by atoms with Crippen LogP contribution in [0, 0.1) is 5.82 Å². The van der Waals surface area contributed by atoms with E-state index in [1.54, 1.807) is 12.1 Å². The van der Waals surface area contributed by atoms with Gasteiger partial charge in [-0.1, -0.05) is 25.4 Å². The molecule has 0 fully saturated rings. The summed E-state index contributed by atoms with van der Waals surface area (Å²) in [6, 6.07) is 9.09. The van der Waals surface area contributed by atoms with Crippen LogP contribution in [0.25, 0.3) is 0 Å². The fourth-order valence-electron chi connectivity index (χ4n) is 1.92. The Morgan fingerprint density at radius 3 is 2.84 bits per heavy atom. The standard InChI is InChI=1S/C15H18ClFN2/c1-11(2)18-9-14-4-3-7-19(14)10-12-8-13(16)5-6-15(12)17/h3-8,11,18H,9-10H2,1-2H3. The maximum Gasteiger partial charge on any atom is 0.128 e. The zero-order valence-corrected chi connectivity index (χ0v) is 11.9. The van der Waals surface area contributed by atoms with Crippen LogP contribution in [0.3, 0.4) is 0 Å². The van der Waals surface area contributed by atoms with Gasteiger partial charge >= 0.3 is 0 Å². The van der Waals surface area contributed by atoms with Crippen molar-refractivity contribution in [2.75, 3.05) is 0 Å². The van der Waals surface area contributed by atoms with Gasteiger partial charge in [-0.15, -0.1) is 0 Å². The minimum absolute atomic E-state index is 0.221. The summed E-state index contributed by atoms with van der Waals surface area (Å²) in [5.41, 5.74) is 1.74. The Balaban J connectivity index is 2.15. The van der Waals surface area contributed by atoms with Gasteiger partial charge in [0.05, 0.1) is 6.54 Å². The Labute approximate surface area is 118 Å². The highest BCUT2D eigenvalue weighted by Gasteiger charge is 2.07. The summed E-state index contributed by atoms with van der Waals surface area (Å²) in [4.78, 5) is 0. The molecule has 2 nitrogen and oxygen atoms in total. The van der Waals surface area contributed by atoms with Gasteiger partial charge in [0.2, 0.25) is 0 Å². The highest BCUT2D eigenvalue weighted by molar-refractivity contribution is 6.30. The number of hydrogen-bond acceptors (Lipinski definition) is 1. The largest absolute Gasteiger partial charge is 0.346 e. The molecule has 0 saturated heterocycles. The number of rotatable bonds is 5. The second kappa shape index (κ2) is 6.22. The van der Waals surface area contributed by atoms with Crippen molar-refractivity contribution in [2.24, 2.45) is 0 Å². The van der Waals surface area contributed by atoms with E-state index in [4.69, 9.17) is 11.6 Å². The average Bonchev–Trinajstić information content (AvgIpc) is 2.79. The molecule has 0 atom stereocenters. The normalized spacial score (nSPS) is 11.2. The van der Waals surface area contributed by atoms with Crippen molar-refractivity contribution in [3.8, 4) is 0 Å². The molecule has 4 heteroatoms. The molecule has 1 heterocycles. The molecule has 2 rings (SSSR count). The fraction of sp³-hybridized carbons (Fsp3) is 0.333. The van der Waals surface area contributed by atoms with Gasteiger partial charge in [0, 0.05) is 35.1 Å². The van der Waals surface area contributed by atoms with E-state index in [9.17, 15) is 4.39 Å². The molecule has 19 heavy (non-hydrogen) atoms. The first-order valence-corrected chi connectivity index (χ1v) is 6.75. The summed E-state index contributed by atoms with van der Waals surface area (Å²) >= 11 is 5.91. The molecule has 0 unspecified atom stereocenters. The molecule has 0 radical (unpaired) electrons. The lowest BCUT2D eigenvalue weighted by atomic mass is 10.2. The molecule has 0 spiro atoms. The predicted molar refractivity (Wildman–Crippen MR) is 76.9 cm³/mol. The highest BCUT2D eigenvalue weighted by atomic mass is 35.5. The van der Waals surface area contributed by atoms with E-state index >= 15 is 0 Å². The molecule has 0 aliphatic heterocycles. The lowest BCUT2D eigenvalue weighted by Gasteiger charge is -2.13. The van der Waals surface area contributed by atoms with Gasteiger partial charge in [-0.05, 0) is 30.3 Å². The maximum atomic E-state index is 13.7. The maximum absolute atomic E-state index is 13.7. The molecule has 1 aromatic heterocycles. The van der Waals surface area contributed by atoms with E-state index in [0.29, 0.717) is 23.2 Å². The van der Waals surface area contributed by atoms with Crippen molar-refractivity contribution in [2.45, 2.75) is 33.0 Å². The zero-order chi connectivity index (χ0) is 13.8. The Morgan fingerprint density at radius 1 is 1.32 bits per heavy atom. The third-order valence-corrected chi connectivity index (χ3v) is 3.20. The summed E-state index contributed by atoms with van der Waals surface area (Å²) in [5.74, 6) is -0.221. The summed E-state index contributed by atoms with van der Waals surface area (Å²) in [6.07, 6.45) is 1.96. The van der Waals surface area contributed by atoms with Gasteiger partial charge in [-0.3, -0.25) is 0 Å². The van der Waals surface area contributed by atoms with Crippen LogP contribution in [-0.2, 0) is 13.1 Å². The molecule has 0 amide bonds. The van der Waals surface area contributed by atoms with Gasteiger partial charge in [-0.25, -0.2) is 4.39 Å². The second-order valence-corrected chi connectivity index (χ2v) is 5.34. The van der Waals surface area contributed by atoms with Gasteiger partial charge < -0.3 is 9.88 Å². The van der Waals surface area contributed by atoms with Crippen molar-refractivity contribution in [1.82, 2.24) is 9.88 Å². The van der Waals surface area contributed by atoms with Crippen LogP contribution >= 0.6 is 11.6 Å². The number of hydrogen-bond donors (Lipinski definition) is 1. The highest BCUT2D eigenvalue weighted by Crippen LogP contribution is 2.17. The Kier molecular flexibility index (Phi) is 4.61. The summed E-state index contributed by atoms with van der Waals surface area (Å²) in [6.45, 7) is 5.47. The van der Waals surface area contributed by atoms with E-state index in [-0.39, 0.29) is 5.82 Å². The minimum Gasteiger partial charge on any atom is -0.346 e. The van der Waals surface area contributed by atoms with E-state index in [1.165, 1.54) is 6.07 Å². The summed E-state index contributed by atoms with van der Waals surface area (Å²) < 4.78 is 15.8.